The molecule has 3 nitrogen and oxygen atoms in total. The molecule has 82 valence electrons. The van der Waals surface area contributed by atoms with Gasteiger partial charge in [-0.1, -0.05) is 6.07 Å². The second kappa shape index (κ2) is 5.07. The second-order valence-electron chi connectivity index (χ2n) is 3.62. The van der Waals surface area contributed by atoms with Gasteiger partial charge in [0.1, 0.15) is 0 Å². The molecule has 0 aromatic heterocycles. The van der Waals surface area contributed by atoms with Gasteiger partial charge in [0.2, 0.25) is 5.91 Å². The summed E-state index contributed by atoms with van der Waals surface area (Å²) in [5, 5.41) is 0. The molecule has 2 N–H and O–H groups in total. The lowest BCUT2D eigenvalue weighted by molar-refractivity contribution is -0.125. The Kier molecular flexibility index (Phi) is 4.03. The van der Waals surface area contributed by atoms with Crippen LogP contribution in [0.25, 0.3) is 0 Å². The predicted octanol–water partition coefficient (Wildman–Crippen LogP) is 1.76. The number of nitrogens with zero attached hydrogens (tertiary/aromatic N) is 1. The van der Waals surface area contributed by atoms with Gasteiger partial charge in [0.15, 0.2) is 0 Å². The zero-order chi connectivity index (χ0) is 11.4. The predicted molar refractivity (Wildman–Crippen MR) is 65.0 cm³/mol. The first-order valence-electron chi connectivity index (χ1n) is 4.70. The minimum Gasteiger partial charge on any atom is -0.398 e. The average Bonchev–Trinajstić information content (AvgIpc) is 2.18. The van der Waals surface area contributed by atoms with Gasteiger partial charge in [-0.3, -0.25) is 4.79 Å². The van der Waals surface area contributed by atoms with E-state index in [1.54, 1.807) is 19.0 Å². The van der Waals surface area contributed by atoms with E-state index < -0.39 is 0 Å². The molecule has 0 saturated carbocycles. The van der Waals surface area contributed by atoms with E-state index in [1.165, 1.54) is 11.8 Å². The SMILES string of the molecule is Cc1ccc(N)c(SCC(=O)N(C)C)c1. The number of carbonyl (C=O) groups excluding carboxylic acids is 1. The van der Waals surface area contributed by atoms with Gasteiger partial charge in [0.25, 0.3) is 0 Å². The molecule has 0 radical (unpaired) electrons. The molecule has 1 amide bonds. The maximum Gasteiger partial charge on any atom is 0.232 e. The van der Waals surface area contributed by atoms with E-state index >= 15 is 0 Å². The van der Waals surface area contributed by atoms with Crippen molar-refractivity contribution in [2.75, 3.05) is 25.6 Å². The third-order valence-corrected chi connectivity index (χ3v) is 3.07. The summed E-state index contributed by atoms with van der Waals surface area (Å²) in [7, 11) is 3.50. The van der Waals surface area contributed by atoms with Gasteiger partial charge >= 0.3 is 0 Å². The fourth-order valence-electron chi connectivity index (χ4n) is 1.04. The van der Waals surface area contributed by atoms with Crippen molar-refractivity contribution >= 4 is 23.4 Å². The topological polar surface area (TPSA) is 46.3 Å². The summed E-state index contributed by atoms with van der Waals surface area (Å²) in [4.78, 5) is 13.9. The van der Waals surface area contributed by atoms with Gasteiger partial charge < -0.3 is 10.6 Å². The smallest absolute Gasteiger partial charge is 0.232 e. The highest BCUT2D eigenvalue weighted by Gasteiger charge is 2.06. The first-order chi connectivity index (χ1) is 7.00. The van der Waals surface area contributed by atoms with Gasteiger partial charge in [-0.15, -0.1) is 11.8 Å². The van der Waals surface area contributed by atoms with Crippen LogP contribution in [0.2, 0.25) is 0 Å². The molecule has 0 heterocycles. The maximum atomic E-state index is 11.4. The number of anilines is 1. The van der Waals surface area contributed by atoms with Crippen LogP contribution in [0.4, 0.5) is 5.69 Å². The summed E-state index contributed by atoms with van der Waals surface area (Å²) in [6.07, 6.45) is 0. The van der Waals surface area contributed by atoms with Gasteiger partial charge in [-0.05, 0) is 24.6 Å². The van der Waals surface area contributed by atoms with Gasteiger partial charge in [-0.2, -0.15) is 0 Å². The fraction of sp³-hybridized carbons (Fsp3) is 0.364. The van der Waals surface area contributed by atoms with Crippen molar-refractivity contribution in [3.8, 4) is 0 Å². The highest BCUT2D eigenvalue weighted by atomic mass is 32.2. The Labute approximate surface area is 94.6 Å². The molecule has 15 heavy (non-hydrogen) atoms. The van der Waals surface area contributed by atoms with Crippen molar-refractivity contribution in [3.63, 3.8) is 0 Å². The minimum atomic E-state index is 0.0981. The Balaban J connectivity index is 2.65. The molecule has 0 aliphatic heterocycles. The highest BCUT2D eigenvalue weighted by molar-refractivity contribution is 8.00. The molecule has 0 saturated heterocycles. The number of carbonyl (C=O) groups is 1. The van der Waals surface area contributed by atoms with E-state index in [-0.39, 0.29) is 5.91 Å². The number of benzene rings is 1. The Morgan fingerprint density at radius 2 is 2.13 bits per heavy atom. The number of nitrogen functional groups attached to an aromatic ring is 1. The van der Waals surface area contributed by atoms with Crippen molar-refractivity contribution in [2.24, 2.45) is 0 Å². The normalized spacial score (nSPS) is 10.1. The molecular formula is C11H16N2OS. The fourth-order valence-corrected chi connectivity index (χ4v) is 2.08. The van der Waals surface area contributed by atoms with E-state index in [0.29, 0.717) is 5.75 Å². The summed E-state index contributed by atoms with van der Waals surface area (Å²) >= 11 is 1.48. The van der Waals surface area contributed by atoms with Gasteiger partial charge in [0.05, 0.1) is 5.75 Å². The lowest BCUT2D eigenvalue weighted by atomic mass is 10.2. The quantitative estimate of drug-likeness (QED) is 0.628. The van der Waals surface area contributed by atoms with E-state index in [4.69, 9.17) is 5.73 Å². The van der Waals surface area contributed by atoms with Crippen LogP contribution in [-0.4, -0.2) is 30.7 Å². The molecule has 1 rings (SSSR count). The van der Waals surface area contributed by atoms with Crippen LogP contribution in [0.1, 0.15) is 5.56 Å². The van der Waals surface area contributed by atoms with E-state index in [0.717, 1.165) is 16.1 Å². The number of nitrogens with two attached hydrogens (primary N) is 1. The van der Waals surface area contributed by atoms with Crippen molar-refractivity contribution < 1.29 is 4.79 Å². The monoisotopic (exact) mass is 224 g/mol. The lowest BCUT2D eigenvalue weighted by Gasteiger charge is -2.10. The minimum absolute atomic E-state index is 0.0981. The summed E-state index contributed by atoms with van der Waals surface area (Å²) in [6.45, 7) is 2.01. The standard InChI is InChI=1S/C11H16N2OS/c1-8-4-5-9(12)10(6-8)15-7-11(14)13(2)3/h4-6H,7,12H2,1-3H3. The number of aryl methyl sites for hydroxylation is 1. The largest absolute Gasteiger partial charge is 0.398 e. The van der Waals surface area contributed by atoms with Crippen molar-refractivity contribution in [1.82, 2.24) is 4.90 Å². The van der Waals surface area contributed by atoms with E-state index in [9.17, 15) is 4.79 Å². The molecule has 0 aliphatic carbocycles. The Hall–Kier alpha value is -1.16. The van der Waals surface area contributed by atoms with Crippen LogP contribution in [0.3, 0.4) is 0 Å². The molecule has 0 bridgehead atoms. The highest BCUT2D eigenvalue weighted by Crippen LogP contribution is 2.25. The lowest BCUT2D eigenvalue weighted by Crippen LogP contribution is -2.23. The maximum absolute atomic E-state index is 11.4. The van der Waals surface area contributed by atoms with Crippen molar-refractivity contribution in [3.05, 3.63) is 23.8 Å². The van der Waals surface area contributed by atoms with Gasteiger partial charge in [-0.25, -0.2) is 0 Å². The molecule has 0 spiro atoms. The first kappa shape index (κ1) is 11.9. The average molecular weight is 224 g/mol. The van der Waals surface area contributed by atoms with Crippen LogP contribution < -0.4 is 5.73 Å². The number of thioether (sulfide) groups is 1. The zero-order valence-corrected chi connectivity index (χ0v) is 10.1. The summed E-state index contributed by atoms with van der Waals surface area (Å²) < 4.78 is 0. The third-order valence-electron chi connectivity index (χ3n) is 2.02. The van der Waals surface area contributed by atoms with Crippen LogP contribution in [-0.2, 0) is 4.79 Å². The molecule has 0 atom stereocenters. The Bertz CT molecular complexity index is 364. The number of hydrogen-bond donors (Lipinski definition) is 1. The first-order valence-corrected chi connectivity index (χ1v) is 5.68. The Morgan fingerprint density at radius 1 is 1.47 bits per heavy atom. The van der Waals surface area contributed by atoms with Crippen LogP contribution in [0, 0.1) is 6.92 Å². The summed E-state index contributed by atoms with van der Waals surface area (Å²) in [5.41, 5.74) is 7.70. The van der Waals surface area contributed by atoms with Gasteiger partial charge in [0, 0.05) is 24.7 Å². The Morgan fingerprint density at radius 3 is 2.73 bits per heavy atom. The third kappa shape index (κ3) is 3.47. The number of rotatable bonds is 3. The van der Waals surface area contributed by atoms with Crippen LogP contribution in [0.5, 0.6) is 0 Å². The van der Waals surface area contributed by atoms with E-state index in [2.05, 4.69) is 0 Å². The summed E-state index contributed by atoms with van der Waals surface area (Å²) in [6, 6.07) is 5.84. The van der Waals surface area contributed by atoms with Crippen LogP contribution in [0.15, 0.2) is 23.1 Å². The molecule has 1 aromatic rings. The molecular weight excluding hydrogens is 208 g/mol. The summed E-state index contributed by atoms with van der Waals surface area (Å²) in [5.74, 6) is 0.529. The number of amides is 1. The molecule has 4 heteroatoms. The molecule has 0 aliphatic rings. The molecule has 0 unspecified atom stereocenters. The van der Waals surface area contributed by atoms with Crippen LogP contribution >= 0.6 is 11.8 Å². The van der Waals surface area contributed by atoms with Crippen molar-refractivity contribution in [1.29, 1.82) is 0 Å². The number of hydrogen-bond acceptors (Lipinski definition) is 3. The second-order valence-corrected chi connectivity index (χ2v) is 4.64. The van der Waals surface area contributed by atoms with E-state index in [1.807, 2.05) is 25.1 Å². The molecule has 0 fully saturated rings. The zero-order valence-electron chi connectivity index (χ0n) is 9.28. The molecule has 1 aromatic carbocycles. The van der Waals surface area contributed by atoms with Crippen molar-refractivity contribution in [2.45, 2.75) is 11.8 Å².